The summed E-state index contributed by atoms with van der Waals surface area (Å²) in [6.45, 7) is 3.17. The number of hydrogen-bond acceptors (Lipinski definition) is 5. The zero-order valence-corrected chi connectivity index (χ0v) is 14.6. The second kappa shape index (κ2) is 6.51. The molecule has 0 bridgehead atoms. The van der Waals surface area contributed by atoms with Crippen LogP contribution in [0, 0.1) is 0 Å². The van der Waals surface area contributed by atoms with E-state index in [9.17, 15) is 0 Å². The zero-order valence-electron chi connectivity index (χ0n) is 14.6. The number of fused-ring (bicyclic) bond motifs is 1. The fourth-order valence-electron chi connectivity index (χ4n) is 3.67. The predicted octanol–water partition coefficient (Wildman–Crippen LogP) is 1.45. The highest BCUT2D eigenvalue weighted by Gasteiger charge is 2.31. The van der Waals surface area contributed by atoms with Crippen LogP contribution in [0.25, 0.3) is 0 Å². The monoisotopic (exact) mass is 326 g/mol. The lowest BCUT2D eigenvalue weighted by molar-refractivity contribution is 0.205. The van der Waals surface area contributed by atoms with Crippen LogP contribution in [0.4, 0.5) is 5.82 Å². The molecule has 0 N–H and O–H groups in total. The number of likely N-dealkylation sites (N-methyl/N-ethyl adjacent to an activating group) is 1. The van der Waals surface area contributed by atoms with E-state index >= 15 is 0 Å². The maximum atomic E-state index is 4.46. The van der Waals surface area contributed by atoms with Gasteiger partial charge in [0.2, 0.25) is 0 Å². The van der Waals surface area contributed by atoms with E-state index in [2.05, 4.69) is 44.3 Å². The van der Waals surface area contributed by atoms with Crippen molar-refractivity contribution in [2.75, 3.05) is 31.6 Å². The smallest absolute Gasteiger partial charge is 0.151 e. The van der Waals surface area contributed by atoms with Gasteiger partial charge in [0.1, 0.15) is 0 Å². The van der Waals surface area contributed by atoms with Crippen LogP contribution in [-0.2, 0) is 26.3 Å². The molecule has 3 heterocycles. The molecule has 0 atom stereocenters. The van der Waals surface area contributed by atoms with Crippen LogP contribution in [0.2, 0.25) is 0 Å². The highest BCUT2D eigenvalue weighted by molar-refractivity contribution is 5.45. The normalized spacial score (nSPS) is 17.9. The first-order valence-electron chi connectivity index (χ1n) is 8.98. The first-order chi connectivity index (χ1) is 11.7. The van der Waals surface area contributed by atoms with E-state index in [1.807, 2.05) is 17.9 Å². The first-order valence-corrected chi connectivity index (χ1v) is 8.98. The predicted molar refractivity (Wildman–Crippen MR) is 94.2 cm³/mol. The Hall–Kier alpha value is -1.95. The number of rotatable bonds is 5. The van der Waals surface area contributed by atoms with Gasteiger partial charge in [0, 0.05) is 51.0 Å². The Bertz CT molecular complexity index is 703. The van der Waals surface area contributed by atoms with Gasteiger partial charge in [0.15, 0.2) is 5.82 Å². The van der Waals surface area contributed by atoms with Gasteiger partial charge >= 0.3 is 0 Å². The van der Waals surface area contributed by atoms with Gasteiger partial charge in [-0.15, -0.1) is 5.10 Å². The summed E-state index contributed by atoms with van der Waals surface area (Å²) in [5.41, 5.74) is 3.92. The van der Waals surface area contributed by atoms with E-state index in [1.54, 1.807) is 0 Å². The van der Waals surface area contributed by atoms with Gasteiger partial charge in [-0.3, -0.25) is 9.58 Å². The van der Waals surface area contributed by atoms with Crippen molar-refractivity contribution in [3.63, 3.8) is 0 Å². The maximum absolute atomic E-state index is 4.46. The van der Waals surface area contributed by atoms with Gasteiger partial charge in [-0.2, -0.15) is 10.2 Å². The standard InChI is InChI=1S/C18H26N6/c1-22(10-8-15-7-9-19-23(15)2)16-12-24(13-16)18-11-14-5-3-4-6-17(14)20-21-18/h7,9,11,16H,3-6,8,10,12-13H2,1-2H3. The zero-order chi connectivity index (χ0) is 16.5. The molecule has 1 aliphatic heterocycles. The van der Waals surface area contributed by atoms with Gasteiger partial charge in [0.25, 0.3) is 0 Å². The molecule has 128 valence electrons. The lowest BCUT2D eigenvalue weighted by Crippen LogP contribution is -2.59. The third kappa shape index (κ3) is 3.02. The molecular formula is C18H26N6. The van der Waals surface area contributed by atoms with Crippen molar-refractivity contribution in [2.45, 2.75) is 38.1 Å². The Morgan fingerprint density at radius 2 is 2.04 bits per heavy atom. The van der Waals surface area contributed by atoms with Gasteiger partial charge in [-0.05, 0) is 50.4 Å². The molecule has 1 aliphatic carbocycles. The van der Waals surface area contributed by atoms with Gasteiger partial charge in [-0.25, -0.2) is 0 Å². The van der Waals surface area contributed by atoms with E-state index in [0.29, 0.717) is 6.04 Å². The van der Waals surface area contributed by atoms with Crippen LogP contribution in [0.3, 0.4) is 0 Å². The summed E-state index contributed by atoms with van der Waals surface area (Å²) in [7, 11) is 4.23. The van der Waals surface area contributed by atoms with Crippen molar-refractivity contribution in [1.29, 1.82) is 0 Å². The molecule has 0 saturated carbocycles. The van der Waals surface area contributed by atoms with E-state index in [4.69, 9.17) is 0 Å². The minimum absolute atomic E-state index is 0.607. The van der Waals surface area contributed by atoms with Crippen molar-refractivity contribution in [1.82, 2.24) is 24.9 Å². The molecular weight excluding hydrogens is 300 g/mol. The summed E-state index contributed by atoms with van der Waals surface area (Å²) in [6.07, 6.45) is 7.73. The van der Waals surface area contributed by atoms with Gasteiger partial charge < -0.3 is 4.90 Å². The van der Waals surface area contributed by atoms with E-state index in [-0.39, 0.29) is 0 Å². The van der Waals surface area contributed by atoms with Crippen LogP contribution >= 0.6 is 0 Å². The van der Waals surface area contributed by atoms with Crippen molar-refractivity contribution in [2.24, 2.45) is 7.05 Å². The third-order valence-corrected chi connectivity index (χ3v) is 5.51. The Balaban J connectivity index is 1.30. The lowest BCUT2D eigenvalue weighted by Gasteiger charge is -2.44. The molecule has 2 aromatic heterocycles. The molecule has 0 amide bonds. The quantitative estimate of drug-likeness (QED) is 0.832. The van der Waals surface area contributed by atoms with Gasteiger partial charge in [-0.1, -0.05) is 0 Å². The summed E-state index contributed by atoms with van der Waals surface area (Å²) in [6, 6.07) is 4.98. The Morgan fingerprint density at radius 1 is 1.21 bits per heavy atom. The lowest BCUT2D eigenvalue weighted by atomic mass is 9.96. The molecule has 6 heteroatoms. The average Bonchev–Trinajstić information content (AvgIpc) is 2.96. The molecule has 6 nitrogen and oxygen atoms in total. The number of aromatic nitrogens is 4. The molecule has 0 spiro atoms. The molecule has 2 aromatic rings. The Kier molecular flexibility index (Phi) is 4.22. The summed E-state index contributed by atoms with van der Waals surface area (Å²) >= 11 is 0. The van der Waals surface area contributed by atoms with Gasteiger partial charge in [0.05, 0.1) is 5.69 Å². The average molecular weight is 326 g/mol. The molecule has 4 rings (SSSR count). The Morgan fingerprint density at radius 3 is 2.83 bits per heavy atom. The summed E-state index contributed by atoms with van der Waals surface area (Å²) < 4.78 is 1.96. The highest BCUT2D eigenvalue weighted by atomic mass is 15.4. The van der Waals surface area contributed by atoms with Crippen LogP contribution in [0.1, 0.15) is 29.8 Å². The van der Waals surface area contributed by atoms with E-state index < -0.39 is 0 Å². The summed E-state index contributed by atoms with van der Waals surface area (Å²) in [4.78, 5) is 4.81. The number of nitrogens with zero attached hydrogens (tertiary/aromatic N) is 6. The van der Waals surface area contributed by atoms with E-state index in [0.717, 1.165) is 38.3 Å². The Labute approximate surface area is 143 Å². The summed E-state index contributed by atoms with van der Waals surface area (Å²) in [5, 5.41) is 13.1. The largest absolute Gasteiger partial charge is 0.352 e. The molecule has 0 aromatic carbocycles. The van der Waals surface area contributed by atoms with Crippen LogP contribution in [-0.4, -0.2) is 57.6 Å². The first kappa shape index (κ1) is 15.6. The fourth-order valence-corrected chi connectivity index (χ4v) is 3.67. The molecule has 1 saturated heterocycles. The number of aryl methyl sites for hydroxylation is 3. The molecule has 24 heavy (non-hydrogen) atoms. The minimum Gasteiger partial charge on any atom is -0.352 e. The summed E-state index contributed by atoms with van der Waals surface area (Å²) in [5.74, 6) is 1.06. The SMILES string of the molecule is CN(CCc1ccnn1C)C1CN(c2cc3c(nn2)CCCC3)C1. The van der Waals surface area contributed by atoms with Crippen LogP contribution < -0.4 is 4.90 Å². The second-order valence-electron chi connectivity index (χ2n) is 7.12. The minimum atomic E-state index is 0.607. The molecule has 0 unspecified atom stereocenters. The molecule has 1 fully saturated rings. The second-order valence-corrected chi connectivity index (χ2v) is 7.12. The number of hydrogen-bond donors (Lipinski definition) is 0. The molecule has 2 aliphatic rings. The van der Waals surface area contributed by atoms with Crippen molar-refractivity contribution in [3.05, 3.63) is 35.3 Å². The van der Waals surface area contributed by atoms with Crippen LogP contribution in [0.5, 0.6) is 0 Å². The van der Waals surface area contributed by atoms with Crippen molar-refractivity contribution < 1.29 is 0 Å². The highest BCUT2D eigenvalue weighted by Crippen LogP contribution is 2.26. The third-order valence-electron chi connectivity index (χ3n) is 5.51. The topological polar surface area (TPSA) is 50.1 Å². The van der Waals surface area contributed by atoms with Crippen molar-refractivity contribution in [3.8, 4) is 0 Å². The molecule has 0 radical (unpaired) electrons. The fraction of sp³-hybridized carbons (Fsp3) is 0.611. The van der Waals surface area contributed by atoms with E-state index in [1.165, 1.54) is 36.2 Å². The maximum Gasteiger partial charge on any atom is 0.151 e. The van der Waals surface area contributed by atoms with Crippen molar-refractivity contribution >= 4 is 5.82 Å². The number of anilines is 1. The van der Waals surface area contributed by atoms with Crippen LogP contribution in [0.15, 0.2) is 18.3 Å².